The second-order valence-corrected chi connectivity index (χ2v) is 4.97. The SMILES string of the molecule is CN(CC(=O)O)[C@H]1CCN(Cc2ccccc2)C1. The fourth-order valence-corrected chi connectivity index (χ4v) is 2.50. The zero-order valence-corrected chi connectivity index (χ0v) is 10.7. The predicted octanol–water partition coefficient (Wildman–Crippen LogP) is 1.28. The number of nitrogens with zero attached hydrogens (tertiary/aromatic N) is 2. The lowest BCUT2D eigenvalue weighted by molar-refractivity contribution is -0.138. The molecule has 0 bridgehead atoms. The van der Waals surface area contributed by atoms with E-state index in [9.17, 15) is 4.79 Å². The molecular weight excluding hydrogens is 228 g/mol. The monoisotopic (exact) mass is 248 g/mol. The Kier molecular flexibility index (Phi) is 4.33. The second kappa shape index (κ2) is 5.98. The molecule has 2 rings (SSSR count). The first-order valence-electron chi connectivity index (χ1n) is 6.33. The van der Waals surface area contributed by atoms with Crippen molar-refractivity contribution in [2.45, 2.75) is 19.0 Å². The number of hydrogen-bond acceptors (Lipinski definition) is 3. The average Bonchev–Trinajstić information content (AvgIpc) is 2.78. The third-order valence-corrected chi connectivity index (χ3v) is 3.50. The average molecular weight is 248 g/mol. The van der Waals surface area contributed by atoms with E-state index >= 15 is 0 Å². The number of likely N-dealkylation sites (tertiary alicyclic amines) is 1. The molecule has 1 aliphatic heterocycles. The Balaban J connectivity index is 1.83. The molecule has 0 amide bonds. The van der Waals surface area contributed by atoms with Gasteiger partial charge < -0.3 is 5.11 Å². The van der Waals surface area contributed by atoms with Gasteiger partial charge in [-0.2, -0.15) is 0 Å². The highest BCUT2D eigenvalue weighted by atomic mass is 16.4. The molecule has 4 heteroatoms. The highest BCUT2D eigenvalue weighted by molar-refractivity contribution is 5.69. The first-order chi connectivity index (χ1) is 8.65. The maximum absolute atomic E-state index is 10.7. The van der Waals surface area contributed by atoms with E-state index in [2.05, 4.69) is 29.2 Å². The number of rotatable bonds is 5. The summed E-state index contributed by atoms with van der Waals surface area (Å²) in [5.74, 6) is -0.751. The van der Waals surface area contributed by atoms with Gasteiger partial charge in [0.05, 0.1) is 6.54 Å². The highest BCUT2D eigenvalue weighted by Gasteiger charge is 2.26. The van der Waals surface area contributed by atoms with Crippen molar-refractivity contribution >= 4 is 5.97 Å². The minimum atomic E-state index is -0.751. The van der Waals surface area contributed by atoms with Crippen molar-refractivity contribution in [3.63, 3.8) is 0 Å². The van der Waals surface area contributed by atoms with Gasteiger partial charge in [-0.05, 0) is 19.0 Å². The van der Waals surface area contributed by atoms with Crippen LogP contribution in [0.25, 0.3) is 0 Å². The van der Waals surface area contributed by atoms with Crippen molar-refractivity contribution in [1.82, 2.24) is 9.80 Å². The van der Waals surface area contributed by atoms with Gasteiger partial charge in [-0.1, -0.05) is 30.3 Å². The van der Waals surface area contributed by atoms with Crippen LogP contribution in [-0.2, 0) is 11.3 Å². The van der Waals surface area contributed by atoms with Crippen LogP contribution in [0, 0.1) is 0 Å². The van der Waals surface area contributed by atoms with E-state index < -0.39 is 5.97 Å². The van der Waals surface area contributed by atoms with E-state index in [0.717, 1.165) is 26.1 Å². The van der Waals surface area contributed by atoms with Crippen molar-refractivity contribution in [3.8, 4) is 0 Å². The first kappa shape index (κ1) is 13.1. The molecule has 4 nitrogen and oxygen atoms in total. The zero-order valence-electron chi connectivity index (χ0n) is 10.7. The van der Waals surface area contributed by atoms with Crippen LogP contribution in [0.3, 0.4) is 0 Å². The standard InChI is InChI=1S/C14H20N2O2/c1-15(11-14(17)18)13-7-8-16(10-13)9-12-5-3-2-4-6-12/h2-6,13H,7-11H2,1H3,(H,17,18)/t13-/m0/s1. The van der Waals surface area contributed by atoms with Crippen molar-refractivity contribution in [2.75, 3.05) is 26.7 Å². The third-order valence-electron chi connectivity index (χ3n) is 3.50. The van der Waals surface area contributed by atoms with Gasteiger partial charge in [-0.25, -0.2) is 0 Å². The Bertz CT molecular complexity index is 394. The Morgan fingerprint density at radius 1 is 1.44 bits per heavy atom. The van der Waals surface area contributed by atoms with Crippen LogP contribution >= 0.6 is 0 Å². The summed E-state index contributed by atoms with van der Waals surface area (Å²) < 4.78 is 0. The van der Waals surface area contributed by atoms with Crippen LogP contribution in [0.2, 0.25) is 0 Å². The molecule has 1 aromatic carbocycles. The summed E-state index contributed by atoms with van der Waals surface area (Å²) in [5, 5.41) is 8.79. The fourth-order valence-electron chi connectivity index (χ4n) is 2.50. The summed E-state index contributed by atoms with van der Waals surface area (Å²) in [6.07, 6.45) is 1.05. The molecule has 1 N–H and O–H groups in total. The van der Waals surface area contributed by atoms with Crippen LogP contribution in [-0.4, -0.2) is 53.6 Å². The molecule has 1 aromatic rings. The molecule has 1 fully saturated rings. The summed E-state index contributed by atoms with van der Waals surface area (Å²) in [6, 6.07) is 10.8. The Morgan fingerprint density at radius 3 is 2.83 bits per heavy atom. The van der Waals surface area contributed by atoms with Crippen LogP contribution in [0.4, 0.5) is 0 Å². The number of benzene rings is 1. The van der Waals surface area contributed by atoms with E-state index in [4.69, 9.17) is 5.11 Å². The molecule has 0 saturated carbocycles. The largest absolute Gasteiger partial charge is 0.480 e. The molecule has 0 aliphatic carbocycles. The molecule has 0 spiro atoms. The molecule has 1 aliphatic rings. The Hall–Kier alpha value is -1.39. The topological polar surface area (TPSA) is 43.8 Å². The van der Waals surface area contributed by atoms with Gasteiger partial charge in [0.15, 0.2) is 0 Å². The summed E-state index contributed by atoms with van der Waals surface area (Å²) in [5.41, 5.74) is 1.32. The van der Waals surface area contributed by atoms with Gasteiger partial charge in [0, 0.05) is 25.7 Å². The summed E-state index contributed by atoms with van der Waals surface area (Å²) in [4.78, 5) is 15.0. The maximum atomic E-state index is 10.7. The van der Waals surface area contributed by atoms with Gasteiger partial charge in [0.1, 0.15) is 0 Å². The Labute approximate surface area is 108 Å². The smallest absolute Gasteiger partial charge is 0.317 e. The van der Waals surface area contributed by atoms with Gasteiger partial charge >= 0.3 is 5.97 Å². The highest BCUT2D eigenvalue weighted by Crippen LogP contribution is 2.16. The van der Waals surface area contributed by atoms with Crippen LogP contribution in [0.5, 0.6) is 0 Å². The van der Waals surface area contributed by atoms with E-state index in [1.165, 1.54) is 5.56 Å². The summed E-state index contributed by atoms with van der Waals surface area (Å²) in [6.45, 7) is 3.09. The molecule has 1 heterocycles. The lowest BCUT2D eigenvalue weighted by Crippen LogP contribution is -2.37. The second-order valence-electron chi connectivity index (χ2n) is 4.97. The number of carbonyl (C=O) groups is 1. The molecule has 18 heavy (non-hydrogen) atoms. The summed E-state index contributed by atoms with van der Waals surface area (Å²) in [7, 11) is 1.89. The number of hydrogen-bond donors (Lipinski definition) is 1. The minimum absolute atomic E-state index is 0.129. The molecule has 98 valence electrons. The third kappa shape index (κ3) is 3.55. The van der Waals surface area contributed by atoms with Gasteiger partial charge in [0.25, 0.3) is 0 Å². The number of carboxylic acids is 1. The van der Waals surface area contributed by atoms with Gasteiger partial charge in [-0.15, -0.1) is 0 Å². The molecule has 1 saturated heterocycles. The molecular formula is C14H20N2O2. The quantitative estimate of drug-likeness (QED) is 0.852. The maximum Gasteiger partial charge on any atom is 0.317 e. The van der Waals surface area contributed by atoms with Gasteiger partial charge in [-0.3, -0.25) is 14.6 Å². The van der Waals surface area contributed by atoms with Gasteiger partial charge in [0.2, 0.25) is 0 Å². The van der Waals surface area contributed by atoms with Crippen LogP contribution < -0.4 is 0 Å². The molecule has 0 radical (unpaired) electrons. The molecule has 0 unspecified atom stereocenters. The van der Waals surface area contributed by atoms with E-state index in [0.29, 0.717) is 6.04 Å². The fraction of sp³-hybridized carbons (Fsp3) is 0.500. The van der Waals surface area contributed by atoms with Crippen molar-refractivity contribution in [1.29, 1.82) is 0 Å². The van der Waals surface area contributed by atoms with E-state index in [1.807, 2.05) is 18.0 Å². The first-order valence-corrected chi connectivity index (χ1v) is 6.33. The lowest BCUT2D eigenvalue weighted by Gasteiger charge is -2.23. The van der Waals surface area contributed by atoms with E-state index in [1.54, 1.807) is 0 Å². The molecule has 1 atom stereocenters. The Morgan fingerprint density at radius 2 is 2.17 bits per heavy atom. The van der Waals surface area contributed by atoms with Crippen molar-refractivity contribution in [2.24, 2.45) is 0 Å². The van der Waals surface area contributed by atoms with Crippen LogP contribution in [0.1, 0.15) is 12.0 Å². The van der Waals surface area contributed by atoms with Crippen molar-refractivity contribution < 1.29 is 9.90 Å². The minimum Gasteiger partial charge on any atom is -0.480 e. The van der Waals surface area contributed by atoms with Crippen molar-refractivity contribution in [3.05, 3.63) is 35.9 Å². The normalized spacial score (nSPS) is 20.4. The molecule has 0 aromatic heterocycles. The zero-order chi connectivity index (χ0) is 13.0. The summed E-state index contributed by atoms with van der Waals surface area (Å²) >= 11 is 0. The van der Waals surface area contributed by atoms with E-state index in [-0.39, 0.29) is 6.54 Å². The number of carboxylic acid groups (broad SMARTS) is 1. The predicted molar refractivity (Wildman–Crippen MR) is 70.4 cm³/mol. The number of likely N-dealkylation sites (N-methyl/N-ethyl adjacent to an activating group) is 1. The lowest BCUT2D eigenvalue weighted by atomic mass is 10.2. The van der Waals surface area contributed by atoms with Crippen LogP contribution in [0.15, 0.2) is 30.3 Å². The number of aliphatic carboxylic acids is 1.